The van der Waals surface area contributed by atoms with Gasteiger partial charge in [-0.2, -0.15) is 0 Å². The van der Waals surface area contributed by atoms with Gasteiger partial charge in [0, 0.05) is 30.4 Å². The van der Waals surface area contributed by atoms with E-state index >= 15 is 0 Å². The van der Waals surface area contributed by atoms with Crippen LogP contribution in [0.1, 0.15) is 64.8 Å². The first-order valence-corrected chi connectivity index (χ1v) is 15.5. The first-order chi connectivity index (χ1) is 19.7. The Labute approximate surface area is 240 Å². The molecule has 5 rings (SSSR count). The molecule has 4 aromatic rings. The molecule has 2 aromatic heterocycles. The molecule has 9 nitrogen and oxygen atoms in total. The van der Waals surface area contributed by atoms with Gasteiger partial charge in [0.1, 0.15) is 12.1 Å². The number of sulfonamides is 1. The van der Waals surface area contributed by atoms with Gasteiger partial charge in [-0.1, -0.05) is 48.5 Å². The molecule has 2 heterocycles. The number of rotatable bonds is 9. The lowest BCUT2D eigenvalue weighted by molar-refractivity contribution is 0.0888. The molecule has 2 aromatic carbocycles. The zero-order chi connectivity index (χ0) is 29.1. The Balaban J connectivity index is 1.33. The van der Waals surface area contributed by atoms with Gasteiger partial charge in [-0.15, -0.1) is 0 Å². The Kier molecular flexibility index (Phi) is 8.32. The zero-order valence-corrected chi connectivity index (χ0v) is 24.3. The highest BCUT2D eigenvalue weighted by Crippen LogP contribution is 2.33. The lowest BCUT2D eigenvalue weighted by Gasteiger charge is -2.35. The van der Waals surface area contributed by atoms with E-state index in [0.29, 0.717) is 16.8 Å². The van der Waals surface area contributed by atoms with Gasteiger partial charge in [-0.05, 0) is 63.3 Å². The van der Waals surface area contributed by atoms with Gasteiger partial charge < -0.3 is 4.90 Å². The molecule has 0 spiro atoms. The van der Waals surface area contributed by atoms with Crippen LogP contribution in [-0.4, -0.2) is 60.5 Å². The topological polar surface area (TPSA) is 114 Å². The van der Waals surface area contributed by atoms with Crippen molar-refractivity contribution in [2.24, 2.45) is 5.92 Å². The molecule has 214 valence electrons. The fourth-order valence-corrected chi connectivity index (χ4v) is 6.84. The third kappa shape index (κ3) is 6.08. The molecule has 1 fully saturated rings. The highest BCUT2D eigenvalue weighted by atomic mass is 32.2. The average molecular weight is 574 g/mol. The maximum Gasteiger partial charge on any atom is 0.239 e. The Morgan fingerprint density at radius 2 is 1.71 bits per heavy atom. The number of carbonyl (C=O) groups excluding carboxylic acids is 2. The third-order valence-electron chi connectivity index (χ3n) is 8.22. The summed E-state index contributed by atoms with van der Waals surface area (Å²) in [4.78, 5) is 37.8. The highest BCUT2D eigenvalue weighted by molar-refractivity contribution is 7.89. The molecule has 0 saturated heterocycles. The molecule has 0 radical (unpaired) electrons. The van der Waals surface area contributed by atoms with Crippen LogP contribution in [0.4, 0.5) is 5.82 Å². The second-order valence-electron chi connectivity index (χ2n) is 10.8. The molecule has 41 heavy (non-hydrogen) atoms. The van der Waals surface area contributed by atoms with Crippen LogP contribution in [-0.2, 0) is 10.0 Å². The van der Waals surface area contributed by atoms with Crippen molar-refractivity contribution in [1.82, 2.24) is 19.3 Å². The minimum atomic E-state index is -3.23. The lowest BCUT2D eigenvalue weighted by Crippen LogP contribution is -2.38. The number of carbonyl (C=O) groups is 2. The van der Waals surface area contributed by atoms with Gasteiger partial charge in [0.05, 0.1) is 17.1 Å². The highest BCUT2D eigenvalue weighted by Gasteiger charge is 2.29. The Bertz CT molecular complexity index is 1660. The molecule has 0 amide bonds. The van der Waals surface area contributed by atoms with E-state index in [4.69, 9.17) is 0 Å². The first-order valence-electron chi connectivity index (χ1n) is 13.9. The summed E-state index contributed by atoms with van der Waals surface area (Å²) < 4.78 is 27.9. The molecular weight excluding hydrogens is 538 g/mol. The fourth-order valence-electron chi connectivity index (χ4n) is 5.72. The number of hydrogen-bond donors (Lipinski definition) is 1. The number of hydrogen-bond acceptors (Lipinski definition) is 7. The second-order valence-corrected chi connectivity index (χ2v) is 12.7. The van der Waals surface area contributed by atoms with Crippen molar-refractivity contribution in [3.63, 3.8) is 0 Å². The Hall–Kier alpha value is -3.89. The van der Waals surface area contributed by atoms with E-state index in [0.717, 1.165) is 42.5 Å². The van der Waals surface area contributed by atoms with Crippen molar-refractivity contribution >= 4 is 38.6 Å². The fraction of sp³-hybridized carbons (Fsp3) is 0.355. The Morgan fingerprint density at radius 1 is 1.00 bits per heavy atom. The van der Waals surface area contributed by atoms with E-state index in [1.165, 1.54) is 13.4 Å². The van der Waals surface area contributed by atoms with Crippen molar-refractivity contribution in [3.05, 3.63) is 89.9 Å². The first kappa shape index (κ1) is 28.6. The summed E-state index contributed by atoms with van der Waals surface area (Å²) in [5.41, 5.74) is 2.42. The van der Waals surface area contributed by atoms with Crippen molar-refractivity contribution in [3.8, 4) is 0 Å². The minimum Gasteiger partial charge on any atom is -0.356 e. The predicted molar refractivity (Wildman–Crippen MR) is 160 cm³/mol. The maximum absolute atomic E-state index is 13.7. The maximum atomic E-state index is 13.7. The number of ketones is 1. The number of nitrogens with zero attached hydrogens (tertiary/aromatic N) is 4. The van der Waals surface area contributed by atoms with Gasteiger partial charge in [0.15, 0.2) is 11.4 Å². The van der Waals surface area contributed by atoms with Crippen molar-refractivity contribution < 1.29 is 18.0 Å². The van der Waals surface area contributed by atoms with Crippen molar-refractivity contribution in [2.75, 3.05) is 24.7 Å². The molecule has 1 unspecified atom stereocenters. The van der Waals surface area contributed by atoms with Crippen molar-refractivity contribution in [1.29, 1.82) is 0 Å². The number of nitrogens with one attached hydrogen (secondary N) is 1. The predicted octanol–water partition coefficient (Wildman–Crippen LogP) is 4.65. The summed E-state index contributed by atoms with van der Waals surface area (Å²) >= 11 is 0. The van der Waals surface area contributed by atoms with E-state index in [1.54, 1.807) is 41.1 Å². The Morgan fingerprint density at radius 3 is 2.41 bits per heavy atom. The van der Waals surface area contributed by atoms with Gasteiger partial charge >= 0.3 is 0 Å². The monoisotopic (exact) mass is 573 g/mol. The lowest BCUT2D eigenvalue weighted by atomic mass is 9.86. The summed E-state index contributed by atoms with van der Waals surface area (Å²) in [6.45, 7) is 1.83. The number of aromatic nitrogens is 3. The molecule has 1 atom stereocenters. The summed E-state index contributed by atoms with van der Waals surface area (Å²) in [7, 11) is 0.224. The molecule has 1 saturated carbocycles. The standard InChI is InChI=1S/C31H35N5O4S/c1-21(24-10-7-11-25(18-24)28(37)23-8-5-4-6-9-23)31(38)36-17-16-27-29(33-20-34-30(27)36)35(3)26-14-12-22(13-15-26)19-41(39,40)32-2/h4-11,16-18,20-22,26,32H,12-15,19H2,1-3H3/t21?,22-,26-. The quantitative estimate of drug-likeness (QED) is 0.290. The molecule has 1 aliphatic carbocycles. The summed E-state index contributed by atoms with van der Waals surface area (Å²) in [5.74, 6) is 0.304. The smallest absolute Gasteiger partial charge is 0.239 e. The zero-order valence-electron chi connectivity index (χ0n) is 23.5. The van der Waals surface area contributed by atoms with Crippen LogP contribution in [0.3, 0.4) is 0 Å². The molecule has 0 aliphatic heterocycles. The van der Waals surface area contributed by atoms with Crippen LogP contribution in [0.25, 0.3) is 11.0 Å². The molecule has 1 N–H and O–H groups in total. The summed E-state index contributed by atoms with van der Waals surface area (Å²) in [5, 5.41) is 0.781. The van der Waals surface area contributed by atoms with Gasteiger partial charge in [-0.3, -0.25) is 14.2 Å². The summed E-state index contributed by atoms with van der Waals surface area (Å²) in [6, 6.07) is 18.4. The molecule has 0 bridgehead atoms. The molecule has 1 aliphatic rings. The van der Waals surface area contributed by atoms with E-state index in [9.17, 15) is 18.0 Å². The van der Waals surface area contributed by atoms with Crippen LogP contribution in [0.15, 0.2) is 73.2 Å². The third-order valence-corrected chi connectivity index (χ3v) is 9.75. The minimum absolute atomic E-state index is 0.0865. The molecule has 10 heteroatoms. The van der Waals surface area contributed by atoms with E-state index in [2.05, 4.69) is 19.6 Å². The second kappa shape index (κ2) is 11.9. The van der Waals surface area contributed by atoms with Gasteiger partial charge in [0.25, 0.3) is 0 Å². The number of benzene rings is 2. The SMILES string of the molecule is CNS(=O)(=O)C[C@H]1CC[C@H](N(C)c2ncnc3c2ccn3C(=O)C(C)c2cccc(C(=O)c3ccccc3)c2)CC1. The molecular formula is C31H35N5O4S. The summed E-state index contributed by atoms with van der Waals surface area (Å²) in [6.07, 6.45) is 6.59. The average Bonchev–Trinajstić information content (AvgIpc) is 3.45. The van der Waals surface area contributed by atoms with Gasteiger partial charge in [-0.25, -0.2) is 23.1 Å². The van der Waals surface area contributed by atoms with E-state index in [-0.39, 0.29) is 29.4 Å². The van der Waals surface area contributed by atoms with E-state index < -0.39 is 15.9 Å². The van der Waals surface area contributed by atoms with Crippen molar-refractivity contribution in [2.45, 2.75) is 44.6 Å². The number of anilines is 1. The van der Waals surface area contributed by atoms with Crippen LogP contribution in [0.5, 0.6) is 0 Å². The van der Waals surface area contributed by atoms with E-state index in [1.807, 2.05) is 44.3 Å². The largest absolute Gasteiger partial charge is 0.356 e. The van der Waals surface area contributed by atoms with Crippen LogP contribution >= 0.6 is 0 Å². The van der Waals surface area contributed by atoms with Gasteiger partial charge in [0.2, 0.25) is 15.9 Å². The number of fused-ring (bicyclic) bond motifs is 1. The van der Waals surface area contributed by atoms with Crippen LogP contribution in [0.2, 0.25) is 0 Å². The normalized spacial score (nSPS) is 18.2. The van der Waals surface area contributed by atoms with Crippen LogP contribution in [0, 0.1) is 5.92 Å². The van der Waals surface area contributed by atoms with Crippen LogP contribution < -0.4 is 9.62 Å².